The second kappa shape index (κ2) is 8.38. The van der Waals surface area contributed by atoms with Crippen LogP contribution >= 0.6 is 11.3 Å². The number of nitrogens with one attached hydrogen (secondary N) is 2. The lowest BCUT2D eigenvalue weighted by Gasteiger charge is -2.17. The minimum absolute atomic E-state index is 0.208. The summed E-state index contributed by atoms with van der Waals surface area (Å²) < 4.78 is 0.864. The molecular weight excluding hydrogens is 370 g/mol. The molecule has 0 bridgehead atoms. The van der Waals surface area contributed by atoms with Gasteiger partial charge in [0.1, 0.15) is 6.33 Å². The molecule has 3 heterocycles. The Hall–Kier alpha value is -2.95. The van der Waals surface area contributed by atoms with Gasteiger partial charge >= 0.3 is 6.03 Å². The Morgan fingerprint density at radius 2 is 2.21 bits per heavy atom. The first-order chi connectivity index (χ1) is 13.7. The molecule has 1 saturated heterocycles. The average Bonchev–Trinajstić information content (AvgIpc) is 3.39. The van der Waals surface area contributed by atoms with Gasteiger partial charge in [0.25, 0.3) is 0 Å². The molecule has 4 rings (SSSR count). The molecule has 0 spiro atoms. The van der Waals surface area contributed by atoms with Gasteiger partial charge in [0.15, 0.2) is 5.82 Å². The summed E-state index contributed by atoms with van der Waals surface area (Å²) in [6.07, 6.45) is 3.75. The van der Waals surface area contributed by atoms with Gasteiger partial charge in [0.2, 0.25) is 0 Å². The highest BCUT2D eigenvalue weighted by Crippen LogP contribution is 2.30. The molecule has 28 heavy (non-hydrogen) atoms. The van der Waals surface area contributed by atoms with Crippen LogP contribution in [0.4, 0.5) is 10.6 Å². The van der Waals surface area contributed by atoms with Crippen LogP contribution < -0.4 is 15.5 Å². The fraction of sp³-hybridized carbons (Fsp3) is 0.286. The zero-order valence-corrected chi connectivity index (χ0v) is 16.4. The van der Waals surface area contributed by atoms with Crippen LogP contribution in [0.1, 0.15) is 23.3 Å². The van der Waals surface area contributed by atoms with Gasteiger partial charge in [-0.05, 0) is 31.0 Å². The van der Waals surface area contributed by atoms with E-state index >= 15 is 0 Å². The van der Waals surface area contributed by atoms with E-state index in [0.717, 1.165) is 33.6 Å². The van der Waals surface area contributed by atoms with Gasteiger partial charge in [-0.3, -0.25) is 4.90 Å². The van der Waals surface area contributed by atoms with Crippen molar-refractivity contribution in [2.75, 3.05) is 18.5 Å². The molecule has 1 aromatic carbocycles. The van der Waals surface area contributed by atoms with Gasteiger partial charge in [-0.25, -0.2) is 14.8 Å². The maximum atomic E-state index is 12.6. The summed E-state index contributed by atoms with van der Waals surface area (Å²) in [5, 5.41) is 6.30. The van der Waals surface area contributed by atoms with E-state index in [1.54, 1.807) is 7.05 Å². The molecule has 1 aliphatic rings. The first-order valence-corrected chi connectivity index (χ1v) is 10.1. The molecule has 1 atom stereocenters. The number of thiophene rings is 1. The number of fused-ring (bicyclic) bond motifs is 1. The Morgan fingerprint density at radius 1 is 1.36 bits per heavy atom. The molecule has 0 aliphatic carbocycles. The minimum atomic E-state index is -0.208. The van der Waals surface area contributed by atoms with Crippen molar-refractivity contribution >= 4 is 33.4 Å². The van der Waals surface area contributed by atoms with Crippen molar-refractivity contribution in [3.05, 3.63) is 53.2 Å². The maximum absolute atomic E-state index is 12.6. The summed E-state index contributed by atoms with van der Waals surface area (Å²) in [5.41, 5.74) is 1.85. The molecule has 2 amide bonds. The van der Waals surface area contributed by atoms with E-state index in [2.05, 4.69) is 32.4 Å². The highest BCUT2D eigenvalue weighted by atomic mass is 32.1. The molecule has 6 nitrogen and oxygen atoms in total. The number of hydrogen-bond donors (Lipinski definition) is 2. The van der Waals surface area contributed by atoms with Crippen molar-refractivity contribution in [1.29, 1.82) is 0 Å². The van der Waals surface area contributed by atoms with Gasteiger partial charge in [-0.2, -0.15) is 0 Å². The lowest BCUT2D eigenvalue weighted by Crippen LogP contribution is -2.37. The summed E-state index contributed by atoms with van der Waals surface area (Å²) in [6.45, 7) is 1.50. The molecule has 0 unspecified atom stereocenters. The fourth-order valence-corrected chi connectivity index (χ4v) is 4.09. The van der Waals surface area contributed by atoms with Gasteiger partial charge in [-0.15, -0.1) is 11.3 Å². The molecule has 0 saturated carbocycles. The Morgan fingerprint density at radius 3 is 3.00 bits per heavy atom. The lowest BCUT2D eigenvalue weighted by atomic mass is 10.2. The zero-order chi connectivity index (χ0) is 19.3. The third-order valence-corrected chi connectivity index (χ3v) is 5.67. The molecule has 2 aromatic heterocycles. The van der Waals surface area contributed by atoms with Gasteiger partial charge in [0.05, 0.1) is 21.1 Å². The van der Waals surface area contributed by atoms with E-state index in [-0.39, 0.29) is 12.1 Å². The average molecular weight is 392 g/mol. The summed E-state index contributed by atoms with van der Waals surface area (Å²) >= 11 is 1.52. The Bertz CT molecular complexity index is 1030. The van der Waals surface area contributed by atoms with Crippen LogP contribution in [-0.4, -0.2) is 35.6 Å². The van der Waals surface area contributed by atoms with E-state index < -0.39 is 0 Å². The quantitative estimate of drug-likeness (QED) is 0.673. The van der Waals surface area contributed by atoms with Crippen LogP contribution in [0.2, 0.25) is 0 Å². The molecule has 7 heteroatoms. The van der Waals surface area contributed by atoms with E-state index in [4.69, 9.17) is 0 Å². The van der Waals surface area contributed by atoms with Crippen molar-refractivity contribution in [1.82, 2.24) is 20.6 Å². The third-order valence-electron chi connectivity index (χ3n) is 4.63. The third kappa shape index (κ3) is 4.14. The first-order valence-electron chi connectivity index (χ1n) is 9.25. The Labute approximate surface area is 168 Å². The van der Waals surface area contributed by atoms with Gasteiger partial charge in [-0.1, -0.05) is 42.2 Å². The molecule has 0 radical (unpaired) electrons. The van der Waals surface area contributed by atoms with Gasteiger partial charge in [0, 0.05) is 13.6 Å². The number of carbonyl (C=O) groups excluding carboxylic acids is 1. The molecule has 1 fully saturated rings. The molecule has 2 N–H and O–H groups in total. The fourth-order valence-electron chi connectivity index (χ4n) is 3.10. The minimum Gasteiger partial charge on any atom is -0.334 e. The number of nitrogens with zero attached hydrogens (tertiary/aromatic N) is 3. The predicted octanol–water partition coefficient (Wildman–Crippen LogP) is 3.14. The summed E-state index contributed by atoms with van der Waals surface area (Å²) in [7, 11) is 1.72. The number of amides is 2. The van der Waals surface area contributed by atoms with Crippen molar-refractivity contribution < 1.29 is 4.79 Å². The number of anilines is 1. The number of hydrogen-bond acceptors (Lipinski definition) is 5. The number of rotatable bonds is 3. The largest absolute Gasteiger partial charge is 0.334 e. The number of benzene rings is 1. The molecular formula is C21H21N5OS. The summed E-state index contributed by atoms with van der Waals surface area (Å²) in [5.74, 6) is 7.10. The second-order valence-corrected chi connectivity index (χ2v) is 7.70. The molecule has 3 aromatic rings. The predicted molar refractivity (Wildman–Crippen MR) is 112 cm³/mol. The van der Waals surface area contributed by atoms with Crippen LogP contribution in [-0.2, 0) is 6.54 Å². The summed E-state index contributed by atoms with van der Waals surface area (Å²) in [4.78, 5) is 23.7. The second-order valence-electron chi connectivity index (χ2n) is 6.64. The number of carbonyl (C=O) groups is 1. The molecule has 1 aliphatic heterocycles. The van der Waals surface area contributed by atoms with Crippen LogP contribution in [0.5, 0.6) is 0 Å². The number of urea groups is 1. The lowest BCUT2D eigenvalue weighted by molar-refractivity contribution is 0.247. The number of aromatic nitrogens is 2. The van der Waals surface area contributed by atoms with Crippen molar-refractivity contribution in [3.63, 3.8) is 0 Å². The normalized spacial score (nSPS) is 15.8. The van der Waals surface area contributed by atoms with Crippen molar-refractivity contribution in [2.45, 2.75) is 25.4 Å². The van der Waals surface area contributed by atoms with Crippen LogP contribution in [0, 0.1) is 11.8 Å². The van der Waals surface area contributed by atoms with E-state index in [0.29, 0.717) is 12.4 Å². The van der Waals surface area contributed by atoms with Crippen LogP contribution in [0.15, 0.2) is 42.7 Å². The van der Waals surface area contributed by atoms with Gasteiger partial charge < -0.3 is 10.6 Å². The SMILES string of the molecule is CN(C(=O)NCc1ccccc1)c1ncnc2cc(C#C[C@@H]3CCCN3)sc12. The van der Waals surface area contributed by atoms with Crippen LogP contribution in [0.25, 0.3) is 10.2 Å². The van der Waals surface area contributed by atoms with E-state index in [9.17, 15) is 4.79 Å². The van der Waals surface area contributed by atoms with E-state index in [1.165, 1.54) is 29.0 Å². The highest BCUT2D eigenvalue weighted by Gasteiger charge is 2.17. The Balaban J connectivity index is 1.51. The standard InChI is InChI=1S/C21H21N5OS/c1-26(21(27)23-13-15-6-3-2-4-7-15)20-19-18(24-14-25-20)12-17(28-19)10-9-16-8-5-11-22-16/h2-4,6-7,12,14,16,22H,5,8,11,13H2,1H3,(H,23,27)/t16-/m0/s1. The van der Waals surface area contributed by atoms with Crippen LogP contribution in [0.3, 0.4) is 0 Å². The monoisotopic (exact) mass is 391 g/mol. The molecule has 142 valence electrons. The smallest absolute Gasteiger partial charge is 0.323 e. The zero-order valence-electron chi connectivity index (χ0n) is 15.6. The summed E-state index contributed by atoms with van der Waals surface area (Å²) in [6, 6.07) is 11.8. The highest BCUT2D eigenvalue weighted by molar-refractivity contribution is 7.20. The Kier molecular flexibility index (Phi) is 5.51. The maximum Gasteiger partial charge on any atom is 0.323 e. The first kappa shape index (κ1) is 18.4. The topological polar surface area (TPSA) is 70.2 Å². The van der Waals surface area contributed by atoms with Crippen molar-refractivity contribution in [3.8, 4) is 11.8 Å². The van der Waals surface area contributed by atoms with Crippen molar-refractivity contribution in [2.24, 2.45) is 0 Å². The van der Waals surface area contributed by atoms with E-state index in [1.807, 2.05) is 36.4 Å².